The van der Waals surface area contributed by atoms with E-state index in [9.17, 15) is 9.90 Å². The minimum Gasteiger partial charge on any atom is -0.478 e. The first-order valence-corrected chi connectivity index (χ1v) is 9.99. The number of carboxylic acid groups (broad SMARTS) is 1. The topological polar surface area (TPSA) is 98.3 Å². The number of thiophene rings is 1. The Morgan fingerprint density at radius 3 is 2.75 bits per heavy atom. The Morgan fingerprint density at radius 1 is 1.21 bits per heavy atom. The van der Waals surface area contributed by atoms with Crippen LogP contribution in [0.25, 0.3) is 10.2 Å². The lowest BCUT2D eigenvalue weighted by atomic mass is 10.2. The molecule has 0 radical (unpaired) electrons. The van der Waals surface area contributed by atoms with Gasteiger partial charge in [-0.2, -0.15) is 0 Å². The molecule has 0 saturated carbocycles. The van der Waals surface area contributed by atoms with Gasteiger partial charge in [0.1, 0.15) is 5.75 Å². The highest BCUT2D eigenvalue weighted by Crippen LogP contribution is 2.41. The number of hydrogen-bond acceptors (Lipinski definition) is 7. The first-order chi connectivity index (χ1) is 13.5. The summed E-state index contributed by atoms with van der Waals surface area (Å²) >= 11 is 2.79. The number of aromatic carboxylic acids is 1. The third-order valence-corrected chi connectivity index (χ3v) is 6.31. The molecule has 28 heavy (non-hydrogen) atoms. The van der Waals surface area contributed by atoms with Crippen molar-refractivity contribution in [1.29, 1.82) is 0 Å². The van der Waals surface area contributed by atoms with E-state index in [0.717, 1.165) is 20.7 Å². The Balaban J connectivity index is 1.74. The summed E-state index contributed by atoms with van der Waals surface area (Å²) < 4.78 is 6.67. The van der Waals surface area contributed by atoms with E-state index in [0.29, 0.717) is 16.4 Å². The van der Waals surface area contributed by atoms with Crippen LogP contribution >= 0.6 is 23.1 Å². The molecule has 0 aliphatic rings. The fourth-order valence-corrected chi connectivity index (χ4v) is 4.80. The summed E-state index contributed by atoms with van der Waals surface area (Å²) in [6.45, 7) is 1.96. The molecule has 4 rings (SSSR count). The summed E-state index contributed by atoms with van der Waals surface area (Å²) in [5, 5.41) is 11.6. The summed E-state index contributed by atoms with van der Waals surface area (Å²) in [6.07, 6.45) is 3.01. The third kappa shape index (κ3) is 3.51. The van der Waals surface area contributed by atoms with Crippen molar-refractivity contribution in [2.45, 2.75) is 16.7 Å². The van der Waals surface area contributed by atoms with E-state index >= 15 is 0 Å². The van der Waals surface area contributed by atoms with Crippen molar-refractivity contribution in [3.05, 3.63) is 65.3 Å². The molecular weight excluding hydrogens is 394 g/mol. The monoisotopic (exact) mass is 409 g/mol. The van der Waals surface area contributed by atoms with Crippen molar-refractivity contribution in [1.82, 2.24) is 9.97 Å². The highest BCUT2D eigenvalue weighted by atomic mass is 32.2. The second kappa shape index (κ2) is 7.49. The molecule has 6 nitrogen and oxygen atoms in total. The fourth-order valence-electron chi connectivity index (χ4n) is 2.63. The van der Waals surface area contributed by atoms with Gasteiger partial charge in [0.05, 0.1) is 15.8 Å². The number of anilines is 1. The molecule has 8 heteroatoms. The average molecular weight is 409 g/mol. The van der Waals surface area contributed by atoms with Crippen molar-refractivity contribution < 1.29 is 14.6 Å². The number of pyridine rings is 2. The van der Waals surface area contributed by atoms with Gasteiger partial charge in [-0.15, -0.1) is 11.3 Å². The Morgan fingerprint density at radius 2 is 2.00 bits per heavy atom. The van der Waals surface area contributed by atoms with Gasteiger partial charge in [-0.05, 0) is 30.0 Å². The zero-order valence-corrected chi connectivity index (χ0v) is 16.4. The van der Waals surface area contributed by atoms with E-state index in [4.69, 9.17) is 10.5 Å². The molecule has 3 heterocycles. The molecule has 0 amide bonds. The van der Waals surface area contributed by atoms with Crippen LogP contribution in [0.15, 0.2) is 64.0 Å². The van der Waals surface area contributed by atoms with E-state index < -0.39 is 5.97 Å². The second-order valence-corrected chi connectivity index (χ2v) is 7.94. The number of benzene rings is 1. The molecule has 0 aliphatic heterocycles. The van der Waals surface area contributed by atoms with Gasteiger partial charge in [-0.1, -0.05) is 30.0 Å². The van der Waals surface area contributed by atoms with E-state index in [2.05, 4.69) is 9.97 Å². The minimum atomic E-state index is -1.02. The molecular formula is C20H15N3O3S2. The van der Waals surface area contributed by atoms with Crippen LogP contribution in [0.3, 0.4) is 0 Å². The quantitative estimate of drug-likeness (QED) is 0.466. The van der Waals surface area contributed by atoms with Crippen molar-refractivity contribution in [3.63, 3.8) is 0 Å². The van der Waals surface area contributed by atoms with Crippen LogP contribution in [0.1, 0.15) is 15.9 Å². The molecule has 1 aromatic carbocycles. The molecule has 3 N–H and O–H groups in total. The van der Waals surface area contributed by atoms with E-state index in [-0.39, 0.29) is 11.4 Å². The SMILES string of the molecule is Cc1csc2c(Sc3cnc(N)c(Oc4ccccc4)c3)c(C(=O)O)cnc12. The Bertz CT molecular complexity index is 1180. The zero-order chi connectivity index (χ0) is 19.7. The highest BCUT2D eigenvalue weighted by Gasteiger charge is 2.19. The summed E-state index contributed by atoms with van der Waals surface area (Å²) in [7, 11) is 0. The first kappa shape index (κ1) is 18.3. The maximum Gasteiger partial charge on any atom is 0.338 e. The van der Waals surface area contributed by atoms with Crippen LogP contribution in [-0.4, -0.2) is 21.0 Å². The number of nitrogens with zero attached hydrogens (tertiary/aromatic N) is 2. The number of aryl methyl sites for hydroxylation is 1. The molecule has 0 unspecified atom stereocenters. The van der Waals surface area contributed by atoms with Crippen LogP contribution in [0.2, 0.25) is 0 Å². The van der Waals surface area contributed by atoms with Crippen LogP contribution in [0, 0.1) is 6.92 Å². The maximum atomic E-state index is 11.7. The fraction of sp³-hybridized carbons (Fsp3) is 0.0500. The molecule has 0 fully saturated rings. The van der Waals surface area contributed by atoms with Gasteiger partial charge in [-0.25, -0.2) is 9.78 Å². The molecule has 4 aromatic rings. The lowest BCUT2D eigenvalue weighted by Crippen LogP contribution is -2.00. The Labute approximate surface area is 169 Å². The number of carboxylic acids is 1. The van der Waals surface area contributed by atoms with Crippen LogP contribution in [0.5, 0.6) is 11.5 Å². The van der Waals surface area contributed by atoms with E-state index in [1.165, 1.54) is 29.3 Å². The number of nitrogens with two attached hydrogens (primary N) is 1. The predicted octanol–water partition coefficient (Wildman–Crippen LogP) is 5.22. The number of para-hydroxylation sites is 1. The third-order valence-electron chi connectivity index (χ3n) is 3.99. The summed E-state index contributed by atoms with van der Waals surface area (Å²) in [5.74, 6) is 0.302. The van der Waals surface area contributed by atoms with Gasteiger partial charge in [0, 0.05) is 28.3 Å². The largest absolute Gasteiger partial charge is 0.478 e. The summed E-state index contributed by atoms with van der Waals surface area (Å²) in [5.41, 5.74) is 7.93. The van der Waals surface area contributed by atoms with Crippen LogP contribution in [0.4, 0.5) is 5.82 Å². The molecule has 0 aliphatic carbocycles. The Kier molecular flexibility index (Phi) is 4.89. The van der Waals surface area contributed by atoms with Gasteiger partial charge < -0.3 is 15.6 Å². The predicted molar refractivity (Wildman–Crippen MR) is 111 cm³/mol. The lowest BCUT2D eigenvalue weighted by molar-refractivity contribution is 0.0693. The molecule has 140 valence electrons. The standard InChI is InChI=1S/C20H15N3O3S2/c1-11-10-27-18-16(11)22-9-14(20(24)25)17(18)28-13-7-15(19(21)23-8-13)26-12-5-3-2-4-6-12/h2-10H,1H3,(H2,21,23)(H,24,25). The molecule has 0 saturated heterocycles. The second-order valence-electron chi connectivity index (χ2n) is 5.97. The van der Waals surface area contributed by atoms with Crippen LogP contribution < -0.4 is 10.5 Å². The van der Waals surface area contributed by atoms with Crippen molar-refractivity contribution >= 4 is 45.1 Å². The first-order valence-electron chi connectivity index (χ1n) is 8.29. The van der Waals surface area contributed by atoms with Crippen molar-refractivity contribution in [2.75, 3.05) is 5.73 Å². The van der Waals surface area contributed by atoms with E-state index in [1.54, 1.807) is 12.3 Å². The highest BCUT2D eigenvalue weighted by molar-refractivity contribution is 7.99. The van der Waals surface area contributed by atoms with Gasteiger partial charge >= 0.3 is 5.97 Å². The van der Waals surface area contributed by atoms with Gasteiger partial charge in [0.25, 0.3) is 0 Å². The van der Waals surface area contributed by atoms with Crippen LogP contribution in [-0.2, 0) is 0 Å². The molecule has 0 bridgehead atoms. The molecule has 3 aromatic heterocycles. The maximum absolute atomic E-state index is 11.7. The number of hydrogen-bond donors (Lipinski definition) is 2. The number of ether oxygens (including phenoxy) is 1. The number of carbonyl (C=O) groups is 1. The number of rotatable bonds is 5. The van der Waals surface area contributed by atoms with Crippen molar-refractivity contribution in [3.8, 4) is 11.5 Å². The zero-order valence-electron chi connectivity index (χ0n) is 14.7. The van der Waals surface area contributed by atoms with Gasteiger partial charge in [-0.3, -0.25) is 4.98 Å². The minimum absolute atomic E-state index is 0.154. The van der Waals surface area contributed by atoms with Gasteiger partial charge in [0.15, 0.2) is 11.6 Å². The normalized spacial score (nSPS) is 10.9. The molecule has 0 spiro atoms. The Hall–Kier alpha value is -3.10. The average Bonchev–Trinajstić information content (AvgIpc) is 3.07. The number of fused-ring (bicyclic) bond motifs is 1. The molecule has 0 atom stereocenters. The van der Waals surface area contributed by atoms with E-state index in [1.807, 2.05) is 42.6 Å². The number of aromatic nitrogens is 2. The van der Waals surface area contributed by atoms with Crippen molar-refractivity contribution in [2.24, 2.45) is 0 Å². The number of nitrogen functional groups attached to an aromatic ring is 1. The summed E-state index contributed by atoms with van der Waals surface area (Å²) in [4.78, 5) is 21.6. The summed E-state index contributed by atoms with van der Waals surface area (Å²) in [6, 6.07) is 11.0. The van der Waals surface area contributed by atoms with Gasteiger partial charge in [0.2, 0.25) is 0 Å². The lowest BCUT2D eigenvalue weighted by Gasteiger charge is -2.11. The smallest absolute Gasteiger partial charge is 0.338 e.